The molecule has 116 valence electrons. The predicted molar refractivity (Wildman–Crippen MR) is 89.9 cm³/mol. The molecule has 0 aliphatic rings. The molecule has 0 aliphatic carbocycles. The number of esters is 1. The number of rotatable bonds is 6. The largest absolute Gasteiger partial charge is 0.461 e. The Morgan fingerprint density at radius 1 is 1.04 bits per heavy atom. The highest BCUT2D eigenvalue weighted by atomic mass is 32.1. The van der Waals surface area contributed by atoms with Crippen molar-refractivity contribution in [1.82, 2.24) is 4.98 Å². The maximum Gasteiger partial charge on any atom is 0.356 e. The van der Waals surface area contributed by atoms with E-state index in [0.717, 1.165) is 15.8 Å². The van der Waals surface area contributed by atoms with Crippen LogP contribution < -0.4 is 0 Å². The SMILES string of the molecule is O=C(OCCCC(=O)c1cccs1)c1ccc2ccccc2n1. The summed E-state index contributed by atoms with van der Waals surface area (Å²) >= 11 is 1.43. The highest BCUT2D eigenvalue weighted by Crippen LogP contribution is 2.14. The van der Waals surface area contributed by atoms with E-state index in [-0.39, 0.29) is 18.1 Å². The second kappa shape index (κ2) is 7.15. The van der Waals surface area contributed by atoms with Crippen LogP contribution >= 0.6 is 11.3 Å². The highest BCUT2D eigenvalue weighted by Gasteiger charge is 2.11. The van der Waals surface area contributed by atoms with E-state index >= 15 is 0 Å². The molecule has 4 nitrogen and oxygen atoms in total. The van der Waals surface area contributed by atoms with E-state index in [4.69, 9.17) is 4.74 Å². The van der Waals surface area contributed by atoms with Gasteiger partial charge < -0.3 is 4.74 Å². The van der Waals surface area contributed by atoms with Gasteiger partial charge in [-0.1, -0.05) is 30.3 Å². The maximum absolute atomic E-state index is 12.0. The predicted octanol–water partition coefficient (Wildman–Crippen LogP) is 4.12. The summed E-state index contributed by atoms with van der Waals surface area (Å²) in [6.45, 7) is 0.213. The van der Waals surface area contributed by atoms with Gasteiger partial charge in [0.25, 0.3) is 0 Å². The van der Waals surface area contributed by atoms with Crippen LogP contribution in [0.5, 0.6) is 0 Å². The van der Waals surface area contributed by atoms with Gasteiger partial charge in [0.1, 0.15) is 5.69 Å². The number of benzene rings is 1. The maximum atomic E-state index is 12.0. The molecule has 2 aromatic heterocycles. The molecule has 0 fully saturated rings. The van der Waals surface area contributed by atoms with E-state index in [1.165, 1.54) is 11.3 Å². The van der Waals surface area contributed by atoms with Crippen molar-refractivity contribution >= 4 is 34.0 Å². The number of fused-ring (bicyclic) bond motifs is 1. The minimum absolute atomic E-state index is 0.0832. The summed E-state index contributed by atoms with van der Waals surface area (Å²) in [4.78, 5) is 28.9. The van der Waals surface area contributed by atoms with Crippen molar-refractivity contribution in [2.75, 3.05) is 6.61 Å². The van der Waals surface area contributed by atoms with Gasteiger partial charge in [0, 0.05) is 11.8 Å². The second-order valence-electron chi connectivity index (χ2n) is 5.03. The zero-order valence-corrected chi connectivity index (χ0v) is 13.2. The summed E-state index contributed by atoms with van der Waals surface area (Å²) < 4.78 is 5.19. The number of pyridine rings is 1. The first kappa shape index (κ1) is 15.4. The number of carbonyl (C=O) groups is 2. The summed E-state index contributed by atoms with van der Waals surface area (Å²) in [6.07, 6.45) is 0.884. The fourth-order valence-electron chi connectivity index (χ4n) is 2.21. The Morgan fingerprint density at radius 2 is 1.91 bits per heavy atom. The first-order valence-corrected chi connectivity index (χ1v) is 8.21. The van der Waals surface area contributed by atoms with Crippen molar-refractivity contribution in [3.63, 3.8) is 0 Å². The fourth-order valence-corrected chi connectivity index (χ4v) is 2.91. The molecule has 23 heavy (non-hydrogen) atoms. The number of Topliss-reactive ketones (excluding diaryl/α,β-unsaturated/α-hetero) is 1. The van der Waals surface area contributed by atoms with E-state index in [0.29, 0.717) is 12.8 Å². The highest BCUT2D eigenvalue weighted by molar-refractivity contribution is 7.12. The lowest BCUT2D eigenvalue weighted by Gasteiger charge is -2.05. The van der Waals surface area contributed by atoms with E-state index in [1.54, 1.807) is 12.1 Å². The van der Waals surface area contributed by atoms with Crippen LogP contribution in [-0.2, 0) is 4.74 Å². The molecule has 0 amide bonds. The van der Waals surface area contributed by atoms with Gasteiger partial charge in [-0.3, -0.25) is 4.79 Å². The summed E-state index contributed by atoms with van der Waals surface area (Å²) in [5, 5.41) is 2.85. The molecule has 5 heteroatoms. The molecule has 1 aromatic carbocycles. The zero-order chi connectivity index (χ0) is 16.1. The van der Waals surface area contributed by atoms with Crippen molar-refractivity contribution in [2.24, 2.45) is 0 Å². The summed E-state index contributed by atoms with van der Waals surface area (Å²) in [7, 11) is 0. The molecule has 0 aliphatic heterocycles. The lowest BCUT2D eigenvalue weighted by molar-refractivity contribution is 0.0488. The number of para-hydroxylation sites is 1. The van der Waals surface area contributed by atoms with Crippen LogP contribution in [0.3, 0.4) is 0 Å². The number of ether oxygens (including phenoxy) is 1. The smallest absolute Gasteiger partial charge is 0.356 e. The van der Waals surface area contributed by atoms with Crippen LogP contribution in [0, 0.1) is 0 Å². The average molecular weight is 325 g/mol. The average Bonchev–Trinajstić information content (AvgIpc) is 3.12. The third-order valence-electron chi connectivity index (χ3n) is 3.38. The van der Waals surface area contributed by atoms with Crippen LogP contribution in [0.1, 0.15) is 33.0 Å². The standard InChI is InChI=1S/C18H15NO3S/c20-16(17-8-4-12-23-17)7-3-11-22-18(21)15-10-9-13-5-1-2-6-14(13)19-15/h1-2,4-6,8-10,12H,3,7,11H2. The van der Waals surface area contributed by atoms with E-state index < -0.39 is 5.97 Å². The molecular formula is C18H15NO3S. The van der Waals surface area contributed by atoms with Crippen molar-refractivity contribution in [1.29, 1.82) is 0 Å². The van der Waals surface area contributed by atoms with Gasteiger partial charge in [-0.05, 0) is 30.0 Å². The van der Waals surface area contributed by atoms with Gasteiger partial charge in [-0.2, -0.15) is 0 Å². The molecule has 0 N–H and O–H groups in total. The van der Waals surface area contributed by atoms with Crippen LogP contribution in [0.25, 0.3) is 10.9 Å². The fraction of sp³-hybridized carbons (Fsp3) is 0.167. The molecule has 0 saturated heterocycles. The lowest BCUT2D eigenvalue weighted by Crippen LogP contribution is -2.09. The van der Waals surface area contributed by atoms with E-state index in [1.807, 2.05) is 41.8 Å². The third kappa shape index (κ3) is 3.81. The first-order valence-electron chi connectivity index (χ1n) is 7.34. The van der Waals surface area contributed by atoms with Crippen LogP contribution in [0.15, 0.2) is 53.9 Å². The van der Waals surface area contributed by atoms with Crippen LogP contribution in [0.2, 0.25) is 0 Å². The molecule has 3 aromatic rings. The molecule has 0 atom stereocenters. The summed E-state index contributed by atoms with van der Waals surface area (Å²) in [6, 6.07) is 14.7. The van der Waals surface area contributed by atoms with E-state index in [9.17, 15) is 9.59 Å². The first-order chi connectivity index (χ1) is 11.2. The molecule has 2 heterocycles. The molecule has 3 rings (SSSR count). The van der Waals surface area contributed by atoms with Gasteiger partial charge >= 0.3 is 5.97 Å². The van der Waals surface area contributed by atoms with Gasteiger partial charge in [0.2, 0.25) is 0 Å². The number of nitrogens with zero attached hydrogens (tertiary/aromatic N) is 1. The Hall–Kier alpha value is -2.53. The van der Waals surface area contributed by atoms with Gasteiger partial charge in [-0.15, -0.1) is 11.3 Å². The van der Waals surface area contributed by atoms with Crippen molar-refractivity contribution < 1.29 is 14.3 Å². The summed E-state index contributed by atoms with van der Waals surface area (Å²) in [5.41, 5.74) is 1.04. The Labute approximate surface area is 137 Å². The number of carbonyl (C=O) groups excluding carboxylic acids is 2. The molecule has 0 saturated carbocycles. The Kier molecular flexibility index (Phi) is 4.78. The topological polar surface area (TPSA) is 56.3 Å². The zero-order valence-electron chi connectivity index (χ0n) is 12.4. The van der Waals surface area contributed by atoms with Crippen molar-refractivity contribution in [3.8, 4) is 0 Å². The number of thiophene rings is 1. The third-order valence-corrected chi connectivity index (χ3v) is 4.30. The van der Waals surface area contributed by atoms with Crippen LogP contribution in [-0.4, -0.2) is 23.3 Å². The molecular weight excluding hydrogens is 310 g/mol. The molecule has 0 unspecified atom stereocenters. The monoisotopic (exact) mass is 325 g/mol. The minimum Gasteiger partial charge on any atom is -0.461 e. The Bertz CT molecular complexity index is 827. The number of aromatic nitrogens is 1. The Morgan fingerprint density at radius 3 is 2.74 bits per heavy atom. The minimum atomic E-state index is -0.459. The second-order valence-corrected chi connectivity index (χ2v) is 5.98. The van der Waals surface area contributed by atoms with Crippen molar-refractivity contribution in [2.45, 2.75) is 12.8 Å². The van der Waals surface area contributed by atoms with Crippen LogP contribution in [0.4, 0.5) is 0 Å². The van der Waals surface area contributed by atoms with E-state index in [2.05, 4.69) is 4.98 Å². The quantitative estimate of drug-likeness (QED) is 0.389. The number of hydrogen-bond acceptors (Lipinski definition) is 5. The summed E-state index contributed by atoms with van der Waals surface area (Å²) in [5.74, 6) is -0.376. The molecule has 0 bridgehead atoms. The molecule has 0 spiro atoms. The van der Waals surface area contributed by atoms with Gasteiger partial charge in [0.05, 0.1) is 17.0 Å². The number of hydrogen-bond donors (Lipinski definition) is 0. The van der Waals surface area contributed by atoms with Gasteiger partial charge in [0.15, 0.2) is 5.78 Å². The lowest BCUT2D eigenvalue weighted by atomic mass is 10.2. The number of ketones is 1. The molecule has 0 radical (unpaired) electrons. The van der Waals surface area contributed by atoms with Crippen molar-refractivity contribution in [3.05, 3.63) is 64.5 Å². The van der Waals surface area contributed by atoms with Gasteiger partial charge in [-0.25, -0.2) is 9.78 Å². The normalized spacial score (nSPS) is 10.6. The Balaban J connectivity index is 1.51.